The summed E-state index contributed by atoms with van der Waals surface area (Å²) in [5.41, 5.74) is 1.25. The van der Waals surface area contributed by atoms with Gasteiger partial charge in [-0.25, -0.2) is 4.79 Å². The highest BCUT2D eigenvalue weighted by Gasteiger charge is 2.28. The highest BCUT2D eigenvalue weighted by molar-refractivity contribution is 5.95. The Morgan fingerprint density at radius 3 is 2.67 bits per heavy atom. The van der Waals surface area contributed by atoms with Crippen molar-refractivity contribution < 1.29 is 14.3 Å². The van der Waals surface area contributed by atoms with Crippen LogP contribution in [0.2, 0.25) is 0 Å². The van der Waals surface area contributed by atoms with Gasteiger partial charge in [0.25, 0.3) is 5.91 Å². The highest BCUT2D eigenvalue weighted by Crippen LogP contribution is 2.16. The van der Waals surface area contributed by atoms with Crippen LogP contribution in [0.25, 0.3) is 0 Å². The van der Waals surface area contributed by atoms with Crippen LogP contribution >= 0.6 is 0 Å². The molecule has 5 nitrogen and oxygen atoms in total. The van der Waals surface area contributed by atoms with Crippen molar-refractivity contribution in [1.29, 1.82) is 0 Å². The van der Waals surface area contributed by atoms with Crippen LogP contribution in [0.1, 0.15) is 56.5 Å². The second-order valence-corrected chi connectivity index (χ2v) is 7.25. The van der Waals surface area contributed by atoms with Gasteiger partial charge in [0.15, 0.2) is 0 Å². The molecule has 1 fully saturated rings. The van der Waals surface area contributed by atoms with Gasteiger partial charge in [0.2, 0.25) is 0 Å². The van der Waals surface area contributed by atoms with Gasteiger partial charge >= 0.3 is 6.09 Å². The van der Waals surface area contributed by atoms with Gasteiger partial charge < -0.3 is 15.0 Å². The Bertz CT molecular complexity index is 593. The summed E-state index contributed by atoms with van der Waals surface area (Å²) in [5, 5.41) is 3.07. The van der Waals surface area contributed by atoms with Crippen LogP contribution in [0.15, 0.2) is 24.3 Å². The summed E-state index contributed by atoms with van der Waals surface area (Å²) in [7, 11) is 0. The minimum atomic E-state index is -0.507. The van der Waals surface area contributed by atoms with E-state index in [9.17, 15) is 9.59 Å². The van der Waals surface area contributed by atoms with E-state index in [0.717, 1.165) is 30.4 Å². The molecule has 0 aromatic heterocycles. The van der Waals surface area contributed by atoms with E-state index in [2.05, 4.69) is 5.32 Å². The number of carbonyl (C=O) groups excluding carboxylic acids is 2. The Kier molecular flexibility index (Phi) is 5.86. The maximum Gasteiger partial charge on any atom is 0.410 e. The lowest BCUT2D eigenvalue weighted by molar-refractivity contribution is 0.0185. The monoisotopic (exact) mass is 332 g/mol. The summed E-state index contributed by atoms with van der Waals surface area (Å²) < 4.78 is 5.43. The van der Waals surface area contributed by atoms with E-state index in [0.29, 0.717) is 13.1 Å². The van der Waals surface area contributed by atoms with Crippen molar-refractivity contribution in [1.82, 2.24) is 10.2 Å². The maximum atomic E-state index is 12.6. The summed E-state index contributed by atoms with van der Waals surface area (Å²) in [5.74, 6) is -0.0662. The van der Waals surface area contributed by atoms with Crippen molar-refractivity contribution in [2.75, 3.05) is 13.1 Å². The number of nitrogens with one attached hydrogen (secondary N) is 1. The molecule has 24 heavy (non-hydrogen) atoms. The largest absolute Gasteiger partial charge is 0.444 e. The number of hydrogen-bond acceptors (Lipinski definition) is 3. The first-order chi connectivity index (χ1) is 11.3. The average molecular weight is 332 g/mol. The van der Waals surface area contributed by atoms with Crippen molar-refractivity contribution in [2.24, 2.45) is 0 Å². The molecule has 1 aromatic carbocycles. The fraction of sp³-hybridized carbons (Fsp3) is 0.579. The Morgan fingerprint density at radius 2 is 2.00 bits per heavy atom. The smallest absolute Gasteiger partial charge is 0.410 e. The van der Waals surface area contributed by atoms with Gasteiger partial charge in [-0.1, -0.05) is 25.1 Å². The maximum absolute atomic E-state index is 12.6. The molecule has 1 saturated heterocycles. The van der Waals surface area contributed by atoms with Crippen LogP contribution in [0, 0.1) is 0 Å². The minimum Gasteiger partial charge on any atom is -0.444 e. The number of hydrogen-bond donors (Lipinski definition) is 1. The molecule has 1 atom stereocenters. The molecular formula is C19H28N2O3. The third-order valence-corrected chi connectivity index (χ3v) is 4.05. The number of likely N-dealkylation sites (tertiary alicyclic amines) is 1. The topological polar surface area (TPSA) is 58.6 Å². The molecule has 0 saturated carbocycles. The number of nitrogens with zero attached hydrogens (tertiary/aromatic N) is 1. The van der Waals surface area contributed by atoms with Gasteiger partial charge in [-0.2, -0.15) is 0 Å². The number of ether oxygens (including phenoxy) is 1. The molecule has 2 amide bonds. The summed E-state index contributed by atoms with van der Waals surface area (Å²) in [4.78, 5) is 26.4. The van der Waals surface area contributed by atoms with Crippen molar-refractivity contribution in [3.8, 4) is 0 Å². The SMILES string of the molecule is CCc1ccccc1C(=O)N[C@H]1CCCN(C(=O)OC(C)(C)C)C1. The van der Waals surface area contributed by atoms with Crippen LogP contribution in [0.4, 0.5) is 4.79 Å². The Balaban J connectivity index is 1.97. The zero-order chi connectivity index (χ0) is 17.7. The van der Waals surface area contributed by atoms with E-state index in [-0.39, 0.29) is 18.0 Å². The molecule has 1 heterocycles. The number of carbonyl (C=O) groups is 2. The normalized spacial score (nSPS) is 18.2. The molecule has 5 heteroatoms. The van der Waals surface area contributed by atoms with Crippen molar-refractivity contribution in [2.45, 2.75) is 58.6 Å². The lowest BCUT2D eigenvalue weighted by Crippen LogP contribution is -2.50. The van der Waals surface area contributed by atoms with Crippen LogP contribution in [-0.4, -0.2) is 41.6 Å². The first-order valence-corrected chi connectivity index (χ1v) is 8.67. The Hall–Kier alpha value is -2.04. The number of amides is 2. The Morgan fingerprint density at radius 1 is 1.29 bits per heavy atom. The fourth-order valence-electron chi connectivity index (χ4n) is 2.90. The van der Waals surface area contributed by atoms with Gasteiger partial charge in [-0.05, 0) is 51.7 Å². The van der Waals surface area contributed by atoms with Gasteiger partial charge in [-0.3, -0.25) is 4.79 Å². The zero-order valence-electron chi connectivity index (χ0n) is 15.1. The van der Waals surface area contributed by atoms with E-state index < -0.39 is 5.60 Å². The fourth-order valence-corrected chi connectivity index (χ4v) is 2.90. The number of rotatable bonds is 3. The van der Waals surface area contributed by atoms with Crippen molar-refractivity contribution >= 4 is 12.0 Å². The highest BCUT2D eigenvalue weighted by atomic mass is 16.6. The van der Waals surface area contributed by atoms with E-state index in [4.69, 9.17) is 4.74 Å². The van der Waals surface area contributed by atoms with Crippen LogP contribution < -0.4 is 5.32 Å². The lowest BCUT2D eigenvalue weighted by atomic mass is 10.0. The molecule has 1 N–H and O–H groups in total. The van der Waals surface area contributed by atoms with E-state index >= 15 is 0 Å². The molecule has 0 radical (unpaired) electrons. The molecule has 0 spiro atoms. The predicted molar refractivity (Wildman–Crippen MR) is 94.1 cm³/mol. The second kappa shape index (κ2) is 7.69. The lowest BCUT2D eigenvalue weighted by Gasteiger charge is -2.34. The Labute approximate surface area is 144 Å². The molecule has 1 aromatic rings. The predicted octanol–water partition coefficient (Wildman–Crippen LogP) is 3.38. The van der Waals surface area contributed by atoms with Crippen molar-refractivity contribution in [3.05, 3.63) is 35.4 Å². The molecule has 2 rings (SSSR count). The van der Waals surface area contributed by atoms with Crippen molar-refractivity contribution in [3.63, 3.8) is 0 Å². The van der Waals surface area contributed by atoms with Crippen LogP contribution in [0.3, 0.4) is 0 Å². The average Bonchev–Trinajstić information content (AvgIpc) is 2.53. The molecule has 0 unspecified atom stereocenters. The molecule has 1 aliphatic heterocycles. The molecule has 1 aliphatic rings. The molecular weight excluding hydrogens is 304 g/mol. The van der Waals surface area contributed by atoms with Gasteiger partial charge in [-0.15, -0.1) is 0 Å². The first-order valence-electron chi connectivity index (χ1n) is 8.67. The first kappa shape index (κ1) is 18.3. The number of piperidine rings is 1. The third kappa shape index (κ3) is 4.98. The van der Waals surface area contributed by atoms with Crippen LogP contribution in [-0.2, 0) is 11.2 Å². The third-order valence-electron chi connectivity index (χ3n) is 4.05. The van der Waals surface area contributed by atoms with E-state index in [1.165, 1.54) is 0 Å². The summed E-state index contributed by atoms with van der Waals surface area (Å²) in [6.45, 7) is 8.78. The zero-order valence-corrected chi connectivity index (χ0v) is 15.1. The summed E-state index contributed by atoms with van der Waals surface area (Å²) >= 11 is 0. The minimum absolute atomic E-state index is 0.0383. The standard InChI is InChI=1S/C19H28N2O3/c1-5-14-9-6-7-11-16(14)17(22)20-15-10-8-12-21(13-15)18(23)24-19(2,3)4/h6-7,9,11,15H,5,8,10,12-13H2,1-4H3,(H,20,22)/t15-/m0/s1. The molecule has 132 valence electrons. The van der Waals surface area contributed by atoms with E-state index in [1.807, 2.05) is 52.0 Å². The summed E-state index contributed by atoms with van der Waals surface area (Å²) in [6.07, 6.45) is 2.24. The second-order valence-electron chi connectivity index (χ2n) is 7.25. The molecule has 0 bridgehead atoms. The van der Waals surface area contributed by atoms with Gasteiger partial charge in [0, 0.05) is 24.7 Å². The quantitative estimate of drug-likeness (QED) is 0.923. The summed E-state index contributed by atoms with van der Waals surface area (Å²) in [6, 6.07) is 7.61. The van der Waals surface area contributed by atoms with E-state index in [1.54, 1.807) is 4.90 Å². The van der Waals surface area contributed by atoms with Crippen LogP contribution in [0.5, 0.6) is 0 Å². The van der Waals surface area contributed by atoms with Gasteiger partial charge in [0.1, 0.15) is 5.60 Å². The number of benzene rings is 1. The number of aryl methyl sites for hydroxylation is 1. The molecule has 0 aliphatic carbocycles. The van der Waals surface area contributed by atoms with Gasteiger partial charge in [0.05, 0.1) is 0 Å².